The number of piperidine rings is 1. The lowest BCUT2D eigenvalue weighted by molar-refractivity contribution is -0.137. The molecule has 158 valence electrons. The average Bonchev–Trinajstić information content (AvgIpc) is 2.67. The second-order valence-corrected chi connectivity index (χ2v) is 7.59. The summed E-state index contributed by atoms with van der Waals surface area (Å²) in [6.07, 6.45) is -1.09. The summed E-state index contributed by atoms with van der Waals surface area (Å²) in [4.78, 5) is 11.3. The number of anilines is 1. The smallest absolute Gasteiger partial charge is 0.416 e. The van der Waals surface area contributed by atoms with E-state index in [9.17, 15) is 13.2 Å². The van der Waals surface area contributed by atoms with E-state index in [1.807, 2.05) is 0 Å². The Morgan fingerprint density at radius 3 is 2.07 bits per heavy atom. The van der Waals surface area contributed by atoms with E-state index in [1.54, 1.807) is 12.1 Å². The van der Waals surface area contributed by atoms with Gasteiger partial charge in [-0.1, -0.05) is 38.1 Å². The Bertz CT molecular complexity index is 779. The second-order valence-electron chi connectivity index (χ2n) is 7.59. The molecule has 0 bridgehead atoms. The first kappa shape index (κ1) is 22.8. The van der Waals surface area contributed by atoms with Crippen molar-refractivity contribution in [1.82, 2.24) is 0 Å². The van der Waals surface area contributed by atoms with Gasteiger partial charge in [0.25, 0.3) is 5.97 Å². The number of carboxylic acid groups (broad SMARTS) is 1. The third kappa shape index (κ3) is 6.51. The van der Waals surface area contributed by atoms with Gasteiger partial charge in [0.15, 0.2) is 0 Å². The number of halogens is 3. The van der Waals surface area contributed by atoms with Gasteiger partial charge in [-0.15, -0.1) is 0 Å². The molecule has 2 aromatic carbocycles. The van der Waals surface area contributed by atoms with E-state index in [0.29, 0.717) is 5.92 Å². The molecule has 1 unspecified atom stereocenters. The molecule has 29 heavy (non-hydrogen) atoms. The number of carbonyl (C=O) groups is 1. The molecule has 6 heteroatoms. The zero-order chi connectivity index (χ0) is 21.6. The Labute approximate surface area is 170 Å². The molecule has 1 heterocycles. The maximum atomic E-state index is 12.8. The van der Waals surface area contributed by atoms with Crippen LogP contribution < -0.4 is 4.90 Å². The summed E-state index contributed by atoms with van der Waals surface area (Å²) in [6, 6.07) is 14.4. The van der Waals surface area contributed by atoms with Crippen LogP contribution in [0.4, 0.5) is 18.9 Å². The number of carboxylic acids is 1. The molecule has 1 fully saturated rings. The fourth-order valence-corrected chi connectivity index (χ4v) is 3.53. The van der Waals surface area contributed by atoms with Crippen molar-refractivity contribution in [2.75, 3.05) is 11.4 Å². The molecule has 0 amide bonds. The predicted octanol–water partition coefficient (Wildman–Crippen LogP) is 6.65. The van der Waals surface area contributed by atoms with Crippen LogP contribution in [0.25, 0.3) is 0 Å². The summed E-state index contributed by atoms with van der Waals surface area (Å²) < 4.78 is 38.4. The Kier molecular flexibility index (Phi) is 7.71. The van der Waals surface area contributed by atoms with Crippen LogP contribution in [-0.2, 0) is 11.0 Å². The Morgan fingerprint density at radius 2 is 1.59 bits per heavy atom. The van der Waals surface area contributed by atoms with E-state index in [1.165, 1.54) is 17.7 Å². The summed E-state index contributed by atoms with van der Waals surface area (Å²) in [6.45, 7) is 6.36. The molecule has 1 aliphatic rings. The van der Waals surface area contributed by atoms with E-state index in [4.69, 9.17) is 9.90 Å². The van der Waals surface area contributed by atoms with E-state index in [2.05, 4.69) is 43.0 Å². The largest absolute Gasteiger partial charge is 0.481 e. The molecule has 3 nitrogen and oxygen atoms in total. The van der Waals surface area contributed by atoms with Gasteiger partial charge in [-0.2, -0.15) is 13.2 Å². The average molecular weight is 407 g/mol. The van der Waals surface area contributed by atoms with Crippen LogP contribution in [0.1, 0.15) is 68.7 Å². The monoisotopic (exact) mass is 407 g/mol. The summed E-state index contributed by atoms with van der Waals surface area (Å²) in [5.74, 6) is -0.346. The molecule has 1 aliphatic heterocycles. The number of hydrogen-bond donors (Lipinski definition) is 1. The van der Waals surface area contributed by atoms with Crippen LogP contribution in [0.2, 0.25) is 0 Å². The highest BCUT2D eigenvalue weighted by atomic mass is 19.4. The van der Waals surface area contributed by atoms with Crippen LogP contribution in [0, 0.1) is 0 Å². The van der Waals surface area contributed by atoms with Gasteiger partial charge < -0.3 is 10.0 Å². The number of nitrogens with zero attached hydrogens (tertiary/aromatic N) is 1. The van der Waals surface area contributed by atoms with Crippen molar-refractivity contribution in [2.24, 2.45) is 0 Å². The molecule has 1 saturated heterocycles. The highest BCUT2D eigenvalue weighted by Crippen LogP contribution is 2.37. The molecule has 1 N–H and O–H groups in total. The number of hydrogen-bond acceptors (Lipinski definition) is 2. The minimum absolute atomic E-state index is 0.140. The summed E-state index contributed by atoms with van der Waals surface area (Å²) in [5.41, 5.74) is 2.82. The molecule has 3 rings (SSSR count). The molecular formula is C23H28F3NO2. The maximum absolute atomic E-state index is 12.8. The Morgan fingerprint density at radius 1 is 1.03 bits per heavy atom. The lowest BCUT2D eigenvalue weighted by Crippen LogP contribution is -2.33. The molecule has 0 aromatic heterocycles. The van der Waals surface area contributed by atoms with Gasteiger partial charge in [-0.3, -0.25) is 4.79 Å². The minimum Gasteiger partial charge on any atom is -0.481 e. The standard InChI is InChI=1S/C21H24F3N.C2H4O2/c1-15(2)16-8-12-19(13-9-16)25-14-4-3-5-20(25)17-6-10-18(11-7-17)21(22,23)24;1-2(3)4/h6-13,15,20H,3-5,14H2,1-2H3;1H3,(H,3,4). The van der Waals surface area contributed by atoms with E-state index in [0.717, 1.165) is 44.0 Å². The molecule has 0 saturated carbocycles. The van der Waals surface area contributed by atoms with Crippen molar-refractivity contribution >= 4 is 11.7 Å². The van der Waals surface area contributed by atoms with Crippen molar-refractivity contribution < 1.29 is 23.1 Å². The lowest BCUT2D eigenvalue weighted by atomic mass is 9.93. The van der Waals surface area contributed by atoms with Gasteiger partial charge in [0.05, 0.1) is 11.6 Å². The van der Waals surface area contributed by atoms with Crippen LogP contribution in [-0.4, -0.2) is 17.6 Å². The third-order valence-electron chi connectivity index (χ3n) is 5.02. The third-order valence-corrected chi connectivity index (χ3v) is 5.02. The van der Waals surface area contributed by atoms with Gasteiger partial charge in [0.1, 0.15) is 0 Å². The number of aliphatic carboxylic acids is 1. The maximum Gasteiger partial charge on any atom is 0.416 e. The molecule has 0 aliphatic carbocycles. The topological polar surface area (TPSA) is 40.5 Å². The number of rotatable bonds is 3. The zero-order valence-electron chi connectivity index (χ0n) is 17.0. The fraction of sp³-hybridized carbons (Fsp3) is 0.435. The number of benzene rings is 2. The van der Waals surface area contributed by atoms with E-state index < -0.39 is 17.7 Å². The normalized spacial score (nSPS) is 16.9. The van der Waals surface area contributed by atoms with Crippen LogP contribution >= 0.6 is 0 Å². The molecule has 1 atom stereocenters. The SMILES string of the molecule is CC(=O)O.CC(C)c1ccc(N2CCCCC2c2ccc(C(F)(F)F)cc2)cc1. The van der Waals surface area contributed by atoms with Crippen molar-refractivity contribution in [3.8, 4) is 0 Å². The van der Waals surface area contributed by atoms with Crippen molar-refractivity contribution in [3.63, 3.8) is 0 Å². The Balaban J connectivity index is 0.000000687. The van der Waals surface area contributed by atoms with Gasteiger partial charge in [0, 0.05) is 19.2 Å². The van der Waals surface area contributed by atoms with Crippen LogP contribution in [0.3, 0.4) is 0 Å². The lowest BCUT2D eigenvalue weighted by Gasteiger charge is -2.38. The van der Waals surface area contributed by atoms with Gasteiger partial charge in [-0.25, -0.2) is 0 Å². The second kappa shape index (κ2) is 9.81. The molecular weight excluding hydrogens is 379 g/mol. The van der Waals surface area contributed by atoms with Crippen molar-refractivity contribution in [1.29, 1.82) is 0 Å². The first-order valence-corrected chi connectivity index (χ1v) is 9.83. The fourth-order valence-electron chi connectivity index (χ4n) is 3.53. The molecule has 2 aromatic rings. The van der Waals surface area contributed by atoms with Crippen molar-refractivity contribution in [2.45, 2.75) is 58.2 Å². The molecule has 0 radical (unpaired) electrons. The van der Waals surface area contributed by atoms with Gasteiger partial charge >= 0.3 is 6.18 Å². The summed E-state index contributed by atoms with van der Waals surface area (Å²) in [5, 5.41) is 7.42. The van der Waals surface area contributed by atoms with Crippen molar-refractivity contribution in [3.05, 3.63) is 65.2 Å². The van der Waals surface area contributed by atoms with E-state index >= 15 is 0 Å². The van der Waals surface area contributed by atoms with E-state index in [-0.39, 0.29) is 6.04 Å². The minimum atomic E-state index is -4.28. The summed E-state index contributed by atoms with van der Waals surface area (Å²) in [7, 11) is 0. The van der Waals surface area contributed by atoms with Crippen LogP contribution in [0.15, 0.2) is 48.5 Å². The molecule has 0 spiro atoms. The van der Waals surface area contributed by atoms with Gasteiger partial charge in [0.2, 0.25) is 0 Å². The predicted molar refractivity (Wildman–Crippen MR) is 109 cm³/mol. The zero-order valence-corrected chi connectivity index (χ0v) is 17.0. The van der Waals surface area contributed by atoms with Crippen LogP contribution in [0.5, 0.6) is 0 Å². The summed E-state index contributed by atoms with van der Waals surface area (Å²) >= 11 is 0. The first-order valence-electron chi connectivity index (χ1n) is 9.83. The Hall–Kier alpha value is -2.50. The number of alkyl halides is 3. The first-order chi connectivity index (χ1) is 13.6. The highest BCUT2D eigenvalue weighted by Gasteiger charge is 2.31. The van der Waals surface area contributed by atoms with Gasteiger partial charge in [-0.05, 0) is 60.6 Å². The quantitative estimate of drug-likeness (QED) is 0.619. The highest BCUT2D eigenvalue weighted by molar-refractivity contribution is 5.63.